The molecule has 3 rings (SSSR count). The topological polar surface area (TPSA) is 46.1 Å². The number of benzene rings is 1. The molecule has 22 heavy (non-hydrogen) atoms. The van der Waals surface area contributed by atoms with Crippen LogP contribution < -0.4 is 0 Å². The number of amides is 1. The number of rotatable bonds is 4. The van der Waals surface area contributed by atoms with E-state index in [4.69, 9.17) is 11.6 Å². The van der Waals surface area contributed by atoms with E-state index in [2.05, 4.69) is 17.1 Å². The summed E-state index contributed by atoms with van der Waals surface area (Å²) in [6, 6.07) is 9.75. The minimum absolute atomic E-state index is 0.00447. The molecule has 1 amide bonds. The number of aromatic nitrogens is 2. The van der Waals surface area contributed by atoms with Gasteiger partial charge in [-0.2, -0.15) is 10.2 Å². The zero-order valence-corrected chi connectivity index (χ0v) is 13.4. The molecule has 0 bridgehead atoms. The Bertz CT molecular complexity index is 683. The molecule has 1 heterocycles. The molecule has 114 valence electrons. The summed E-state index contributed by atoms with van der Waals surface area (Å²) in [4.78, 5) is 14.9. The number of hydrogen-bond acceptors (Lipinski definition) is 3. The second-order valence-electron chi connectivity index (χ2n) is 5.70. The van der Waals surface area contributed by atoms with Gasteiger partial charge >= 0.3 is 0 Å². The van der Waals surface area contributed by atoms with Crippen molar-refractivity contribution in [2.75, 3.05) is 0 Å². The standard InChI is InChI=1S/C17H18ClN3O/c1-11-16(9-10-19-20-11)17(22)21(15-7-8-15)12(2)13-3-5-14(18)6-4-13/h3-6,9-10,12,15H,7-8H2,1-2H3/t12-/m1/s1. The van der Waals surface area contributed by atoms with E-state index in [0.29, 0.717) is 22.3 Å². The average molecular weight is 316 g/mol. The fourth-order valence-electron chi connectivity index (χ4n) is 2.68. The Morgan fingerprint density at radius 3 is 2.55 bits per heavy atom. The first-order chi connectivity index (χ1) is 10.6. The molecule has 0 N–H and O–H groups in total. The summed E-state index contributed by atoms with van der Waals surface area (Å²) in [6.07, 6.45) is 3.68. The number of hydrogen-bond donors (Lipinski definition) is 0. The zero-order valence-electron chi connectivity index (χ0n) is 12.7. The minimum atomic E-state index is 0.00447. The maximum Gasteiger partial charge on any atom is 0.256 e. The molecule has 0 spiro atoms. The van der Waals surface area contributed by atoms with Gasteiger partial charge in [0.25, 0.3) is 5.91 Å². The van der Waals surface area contributed by atoms with Gasteiger partial charge in [0, 0.05) is 11.1 Å². The Morgan fingerprint density at radius 1 is 1.27 bits per heavy atom. The van der Waals surface area contributed by atoms with E-state index >= 15 is 0 Å². The molecule has 2 aromatic rings. The largest absolute Gasteiger partial charge is 0.329 e. The van der Waals surface area contributed by atoms with Crippen LogP contribution in [0.25, 0.3) is 0 Å². The van der Waals surface area contributed by atoms with E-state index in [1.165, 1.54) is 0 Å². The van der Waals surface area contributed by atoms with Crippen molar-refractivity contribution < 1.29 is 4.79 Å². The van der Waals surface area contributed by atoms with Crippen molar-refractivity contribution in [2.24, 2.45) is 0 Å². The van der Waals surface area contributed by atoms with Crippen LogP contribution in [0.4, 0.5) is 0 Å². The summed E-state index contributed by atoms with van der Waals surface area (Å²) in [5.74, 6) is 0.0253. The summed E-state index contributed by atoms with van der Waals surface area (Å²) in [5, 5.41) is 8.52. The van der Waals surface area contributed by atoms with E-state index in [9.17, 15) is 4.79 Å². The summed E-state index contributed by atoms with van der Waals surface area (Å²) in [5.41, 5.74) is 2.38. The number of halogens is 1. The van der Waals surface area contributed by atoms with Crippen molar-refractivity contribution in [2.45, 2.75) is 38.8 Å². The highest BCUT2D eigenvalue weighted by atomic mass is 35.5. The first kappa shape index (κ1) is 15.0. The summed E-state index contributed by atoms with van der Waals surface area (Å²) in [7, 11) is 0. The van der Waals surface area contributed by atoms with E-state index in [1.807, 2.05) is 36.1 Å². The molecule has 0 saturated heterocycles. The minimum Gasteiger partial charge on any atom is -0.329 e. The van der Waals surface area contributed by atoms with Gasteiger partial charge in [-0.05, 0) is 50.5 Å². The van der Waals surface area contributed by atoms with Crippen molar-refractivity contribution >= 4 is 17.5 Å². The van der Waals surface area contributed by atoms with Crippen molar-refractivity contribution in [3.8, 4) is 0 Å². The van der Waals surface area contributed by atoms with Gasteiger partial charge in [0.1, 0.15) is 0 Å². The van der Waals surface area contributed by atoms with Gasteiger partial charge in [-0.25, -0.2) is 0 Å². The molecule has 0 aliphatic heterocycles. The second-order valence-corrected chi connectivity index (χ2v) is 6.14. The van der Waals surface area contributed by atoms with Gasteiger partial charge in [-0.15, -0.1) is 0 Å². The number of nitrogens with zero attached hydrogens (tertiary/aromatic N) is 3. The Labute approximate surface area is 135 Å². The van der Waals surface area contributed by atoms with Gasteiger partial charge in [0.05, 0.1) is 23.5 Å². The Hall–Kier alpha value is -1.94. The molecule has 1 atom stereocenters. The van der Waals surface area contributed by atoms with Crippen LogP contribution in [0, 0.1) is 6.92 Å². The first-order valence-electron chi connectivity index (χ1n) is 7.44. The lowest BCUT2D eigenvalue weighted by Gasteiger charge is -2.30. The molecule has 1 aromatic heterocycles. The molecule has 1 aromatic carbocycles. The van der Waals surface area contributed by atoms with Gasteiger partial charge in [0.2, 0.25) is 0 Å². The van der Waals surface area contributed by atoms with Crippen LogP contribution in [0.1, 0.15) is 47.4 Å². The van der Waals surface area contributed by atoms with Crippen molar-refractivity contribution in [3.63, 3.8) is 0 Å². The van der Waals surface area contributed by atoms with Crippen molar-refractivity contribution in [3.05, 3.63) is 58.4 Å². The highest BCUT2D eigenvalue weighted by molar-refractivity contribution is 6.30. The van der Waals surface area contributed by atoms with Crippen LogP contribution in [0.5, 0.6) is 0 Å². The lowest BCUT2D eigenvalue weighted by Crippen LogP contribution is -2.36. The number of carbonyl (C=O) groups is 1. The van der Waals surface area contributed by atoms with E-state index in [0.717, 1.165) is 18.4 Å². The normalized spacial score (nSPS) is 15.4. The van der Waals surface area contributed by atoms with Crippen LogP contribution in [0.3, 0.4) is 0 Å². The molecule has 5 heteroatoms. The smallest absolute Gasteiger partial charge is 0.256 e. The predicted octanol–water partition coefficient (Wildman–Crippen LogP) is 3.80. The van der Waals surface area contributed by atoms with Crippen LogP contribution in [0.2, 0.25) is 5.02 Å². The van der Waals surface area contributed by atoms with Gasteiger partial charge in [0.15, 0.2) is 0 Å². The molecule has 1 aliphatic carbocycles. The maximum atomic E-state index is 13.0. The fourth-order valence-corrected chi connectivity index (χ4v) is 2.81. The van der Waals surface area contributed by atoms with Gasteiger partial charge < -0.3 is 4.90 Å². The van der Waals surface area contributed by atoms with E-state index in [1.54, 1.807) is 12.3 Å². The Balaban J connectivity index is 1.91. The zero-order chi connectivity index (χ0) is 15.7. The lowest BCUT2D eigenvalue weighted by molar-refractivity contribution is 0.0672. The quantitative estimate of drug-likeness (QED) is 0.862. The SMILES string of the molecule is Cc1nnccc1C(=O)N(C1CC1)[C@H](C)c1ccc(Cl)cc1. The Morgan fingerprint density at radius 2 is 1.95 bits per heavy atom. The predicted molar refractivity (Wildman–Crippen MR) is 85.8 cm³/mol. The lowest BCUT2D eigenvalue weighted by atomic mass is 10.0. The third-order valence-corrected chi connectivity index (χ3v) is 4.33. The summed E-state index contributed by atoms with van der Waals surface area (Å²) < 4.78 is 0. The van der Waals surface area contributed by atoms with Crippen LogP contribution in [-0.2, 0) is 0 Å². The molecule has 0 unspecified atom stereocenters. The third kappa shape index (κ3) is 2.97. The second kappa shape index (κ2) is 6.05. The van der Waals surface area contributed by atoms with E-state index < -0.39 is 0 Å². The molecule has 4 nitrogen and oxygen atoms in total. The number of aryl methyl sites for hydroxylation is 1. The Kier molecular flexibility index (Phi) is 4.12. The van der Waals surface area contributed by atoms with Crippen LogP contribution in [-0.4, -0.2) is 27.0 Å². The molecule has 1 fully saturated rings. The molecule has 1 saturated carbocycles. The summed E-state index contributed by atoms with van der Waals surface area (Å²) >= 11 is 5.95. The van der Waals surface area contributed by atoms with Crippen molar-refractivity contribution in [1.29, 1.82) is 0 Å². The van der Waals surface area contributed by atoms with Crippen LogP contribution >= 0.6 is 11.6 Å². The highest BCUT2D eigenvalue weighted by Crippen LogP contribution is 2.36. The monoisotopic (exact) mass is 315 g/mol. The van der Waals surface area contributed by atoms with Crippen molar-refractivity contribution in [1.82, 2.24) is 15.1 Å². The first-order valence-corrected chi connectivity index (χ1v) is 7.82. The molecular formula is C17H18ClN3O. The van der Waals surface area contributed by atoms with Gasteiger partial charge in [-0.1, -0.05) is 23.7 Å². The fraction of sp³-hybridized carbons (Fsp3) is 0.353. The third-order valence-electron chi connectivity index (χ3n) is 4.08. The van der Waals surface area contributed by atoms with E-state index in [-0.39, 0.29) is 11.9 Å². The van der Waals surface area contributed by atoms with Crippen LogP contribution in [0.15, 0.2) is 36.5 Å². The maximum absolute atomic E-state index is 13.0. The van der Waals surface area contributed by atoms with Gasteiger partial charge in [-0.3, -0.25) is 4.79 Å². The molecule has 0 radical (unpaired) electrons. The number of carbonyl (C=O) groups excluding carboxylic acids is 1. The molecular weight excluding hydrogens is 298 g/mol. The summed E-state index contributed by atoms with van der Waals surface area (Å²) in [6.45, 7) is 3.88. The average Bonchev–Trinajstić information content (AvgIpc) is 3.33. The highest BCUT2D eigenvalue weighted by Gasteiger charge is 2.37. The molecule has 1 aliphatic rings.